The summed E-state index contributed by atoms with van der Waals surface area (Å²) < 4.78 is 58.1. The quantitative estimate of drug-likeness (QED) is 0.908. The predicted octanol–water partition coefficient (Wildman–Crippen LogP) is 2.47. The molecule has 5 nitrogen and oxygen atoms in total. The van der Waals surface area contributed by atoms with E-state index in [4.69, 9.17) is 4.42 Å². The number of benzene rings is 1. The van der Waals surface area contributed by atoms with E-state index in [1.165, 1.54) is 13.8 Å². The summed E-state index contributed by atoms with van der Waals surface area (Å²) in [5.74, 6) is -1.47. The van der Waals surface area contributed by atoms with Crippen molar-refractivity contribution in [3.05, 3.63) is 46.9 Å². The zero-order valence-corrected chi connectivity index (χ0v) is 12.1. The Balaban J connectivity index is 2.48. The number of hydrogen-bond donors (Lipinski definition) is 2. The van der Waals surface area contributed by atoms with Crippen molar-refractivity contribution in [3.63, 3.8) is 0 Å². The van der Waals surface area contributed by atoms with Gasteiger partial charge in [0.25, 0.3) is 10.0 Å². The van der Waals surface area contributed by atoms with E-state index in [0.29, 0.717) is 6.07 Å². The summed E-state index contributed by atoms with van der Waals surface area (Å²) in [4.78, 5) is -0.229. The number of rotatable bonds is 4. The van der Waals surface area contributed by atoms with Gasteiger partial charge in [-0.1, -0.05) is 0 Å². The Morgan fingerprint density at radius 3 is 2.24 bits per heavy atom. The maximum absolute atomic E-state index is 13.1. The van der Waals surface area contributed by atoms with Crippen LogP contribution >= 0.6 is 0 Å². The van der Waals surface area contributed by atoms with Gasteiger partial charge in [-0.2, -0.15) is 0 Å². The number of aliphatic hydroxyl groups excluding tert-OH is 1. The molecule has 0 atom stereocenters. The van der Waals surface area contributed by atoms with Crippen molar-refractivity contribution in [2.75, 3.05) is 4.72 Å². The first-order chi connectivity index (χ1) is 9.74. The summed E-state index contributed by atoms with van der Waals surface area (Å²) in [6.45, 7) is 2.41. The lowest BCUT2D eigenvalue weighted by molar-refractivity contribution is 0.276. The molecule has 2 rings (SSSR count). The second-order valence-electron chi connectivity index (χ2n) is 4.44. The van der Waals surface area contributed by atoms with E-state index in [1.807, 2.05) is 0 Å². The van der Waals surface area contributed by atoms with Crippen molar-refractivity contribution in [1.82, 2.24) is 0 Å². The van der Waals surface area contributed by atoms with Gasteiger partial charge in [0.15, 0.2) is 0 Å². The minimum atomic E-state index is -4.14. The van der Waals surface area contributed by atoms with Crippen molar-refractivity contribution >= 4 is 15.7 Å². The standard InChI is InChI=1S/C13H13F2NO4S/c1-7-12(6-17)13(8(2)20-7)21(18,19)16-11-4-9(14)3-10(15)5-11/h3-5,16-17H,6H2,1-2H3. The smallest absolute Gasteiger partial charge is 0.265 e. The molecule has 0 radical (unpaired) electrons. The Labute approximate surface area is 120 Å². The van der Waals surface area contributed by atoms with Gasteiger partial charge < -0.3 is 9.52 Å². The number of anilines is 1. The maximum Gasteiger partial charge on any atom is 0.265 e. The third-order valence-electron chi connectivity index (χ3n) is 2.87. The third kappa shape index (κ3) is 3.06. The van der Waals surface area contributed by atoms with Gasteiger partial charge in [0.05, 0.1) is 12.3 Å². The highest BCUT2D eigenvalue weighted by Gasteiger charge is 2.26. The molecule has 0 aliphatic carbocycles. The minimum absolute atomic E-state index is 0.0842. The summed E-state index contributed by atoms with van der Waals surface area (Å²) in [5.41, 5.74) is -0.147. The molecule has 0 unspecified atom stereocenters. The van der Waals surface area contributed by atoms with Gasteiger partial charge in [0.2, 0.25) is 0 Å². The van der Waals surface area contributed by atoms with Crippen LogP contribution in [0.4, 0.5) is 14.5 Å². The van der Waals surface area contributed by atoms with Gasteiger partial charge >= 0.3 is 0 Å². The first-order valence-corrected chi connectivity index (χ1v) is 7.41. The molecule has 0 spiro atoms. The first kappa shape index (κ1) is 15.5. The highest BCUT2D eigenvalue weighted by Crippen LogP contribution is 2.28. The zero-order valence-electron chi connectivity index (χ0n) is 11.3. The molecular weight excluding hydrogens is 304 g/mol. The van der Waals surface area contributed by atoms with Crippen LogP contribution in [0.5, 0.6) is 0 Å². The molecule has 2 N–H and O–H groups in total. The number of furan rings is 1. The van der Waals surface area contributed by atoms with Crippen LogP contribution < -0.4 is 4.72 Å². The molecule has 1 aromatic heterocycles. The Hall–Kier alpha value is -1.93. The predicted molar refractivity (Wildman–Crippen MR) is 71.3 cm³/mol. The van der Waals surface area contributed by atoms with Gasteiger partial charge in [-0.25, -0.2) is 17.2 Å². The molecule has 0 bridgehead atoms. The van der Waals surface area contributed by atoms with E-state index in [0.717, 1.165) is 12.1 Å². The number of sulfonamides is 1. The van der Waals surface area contributed by atoms with Gasteiger partial charge in [0.1, 0.15) is 28.1 Å². The van der Waals surface area contributed by atoms with E-state index in [1.54, 1.807) is 0 Å². The second-order valence-corrected chi connectivity index (χ2v) is 6.06. The van der Waals surface area contributed by atoms with Crippen molar-refractivity contribution in [2.24, 2.45) is 0 Å². The van der Waals surface area contributed by atoms with Gasteiger partial charge in [-0.3, -0.25) is 4.72 Å². The van der Waals surface area contributed by atoms with Crippen LogP contribution in [-0.2, 0) is 16.6 Å². The number of nitrogens with one attached hydrogen (secondary N) is 1. The minimum Gasteiger partial charge on any atom is -0.465 e. The number of aliphatic hydroxyl groups is 1. The van der Waals surface area contributed by atoms with Crippen LogP contribution in [0, 0.1) is 25.5 Å². The van der Waals surface area contributed by atoms with Crippen LogP contribution in [-0.4, -0.2) is 13.5 Å². The summed E-state index contributed by atoms with van der Waals surface area (Å²) in [5, 5.41) is 9.26. The van der Waals surface area contributed by atoms with E-state index < -0.39 is 28.3 Å². The summed E-state index contributed by atoms with van der Waals surface area (Å²) in [6, 6.07) is 2.33. The molecule has 1 heterocycles. The van der Waals surface area contributed by atoms with E-state index >= 15 is 0 Å². The second kappa shape index (κ2) is 5.45. The number of aryl methyl sites for hydroxylation is 2. The lowest BCUT2D eigenvalue weighted by Gasteiger charge is -2.09. The van der Waals surface area contributed by atoms with E-state index in [9.17, 15) is 22.3 Å². The summed E-state index contributed by atoms with van der Waals surface area (Å²) >= 11 is 0. The van der Waals surface area contributed by atoms with Crippen LogP contribution in [0.2, 0.25) is 0 Å². The molecule has 0 amide bonds. The monoisotopic (exact) mass is 317 g/mol. The van der Waals surface area contributed by atoms with Crippen molar-refractivity contribution < 1.29 is 26.7 Å². The van der Waals surface area contributed by atoms with Gasteiger partial charge in [-0.05, 0) is 26.0 Å². The topological polar surface area (TPSA) is 79.5 Å². The largest absolute Gasteiger partial charge is 0.465 e. The third-order valence-corrected chi connectivity index (χ3v) is 4.44. The number of hydrogen-bond acceptors (Lipinski definition) is 4. The molecule has 114 valence electrons. The molecular formula is C13H13F2NO4S. The highest BCUT2D eigenvalue weighted by atomic mass is 32.2. The molecule has 0 saturated carbocycles. The van der Waals surface area contributed by atoms with Crippen molar-refractivity contribution in [2.45, 2.75) is 25.3 Å². The Morgan fingerprint density at radius 2 is 1.71 bits per heavy atom. The molecule has 0 fully saturated rings. The van der Waals surface area contributed by atoms with Crippen molar-refractivity contribution in [3.8, 4) is 0 Å². The average molecular weight is 317 g/mol. The normalized spacial score (nSPS) is 11.7. The van der Waals surface area contributed by atoms with Gasteiger partial charge in [-0.15, -0.1) is 0 Å². The zero-order chi connectivity index (χ0) is 15.8. The molecule has 2 aromatic rings. The van der Waals surface area contributed by atoms with E-state index in [2.05, 4.69) is 4.72 Å². The van der Waals surface area contributed by atoms with Crippen LogP contribution in [0.1, 0.15) is 17.1 Å². The first-order valence-electron chi connectivity index (χ1n) is 5.93. The number of halogens is 2. The molecule has 1 aromatic carbocycles. The molecule has 21 heavy (non-hydrogen) atoms. The molecule has 8 heteroatoms. The fourth-order valence-electron chi connectivity index (χ4n) is 2.06. The van der Waals surface area contributed by atoms with Crippen LogP contribution in [0.15, 0.2) is 27.5 Å². The SMILES string of the molecule is Cc1oc(C)c(S(=O)(=O)Nc2cc(F)cc(F)c2)c1CO. The lowest BCUT2D eigenvalue weighted by atomic mass is 10.2. The molecule has 0 saturated heterocycles. The summed E-state index contributed by atoms with van der Waals surface area (Å²) in [6.07, 6.45) is 0. The Kier molecular flexibility index (Phi) is 4.02. The fraction of sp³-hybridized carbons (Fsp3) is 0.231. The van der Waals surface area contributed by atoms with Crippen molar-refractivity contribution in [1.29, 1.82) is 0 Å². The molecule has 0 aliphatic rings. The lowest BCUT2D eigenvalue weighted by Crippen LogP contribution is -2.15. The molecule has 0 aliphatic heterocycles. The maximum atomic E-state index is 13.1. The van der Waals surface area contributed by atoms with Gasteiger partial charge in [0, 0.05) is 11.6 Å². The highest BCUT2D eigenvalue weighted by molar-refractivity contribution is 7.92. The fourth-order valence-corrected chi connectivity index (χ4v) is 3.55. The Morgan fingerprint density at radius 1 is 1.14 bits per heavy atom. The van der Waals surface area contributed by atoms with E-state index in [-0.39, 0.29) is 27.7 Å². The van der Waals surface area contributed by atoms with Crippen LogP contribution in [0.25, 0.3) is 0 Å². The Bertz CT molecular complexity index is 763. The average Bonchev–Trinajstić information content (AvgIpc) is 2.61. The van der Waals surface area contributed by atoms with Crippen LogP contribution in [0.3, 0.4) is 0 Å². The summed E-state index contributed by atoms with van der Waals surface area (Å²) in [7, 11) is -4.14.